The molecular weight excluding hydrogens is 278 g/mol. The van der Waals surface area contributed by atoms with Crippen molar-refractivity contribution in [2.75, 3.05) is 13.1 Å². The molecule has 3 heterocycles. The maximum absolute atomic E-state index is 11.3. The molecule has 2 aromatic rings. The van der Waals surface area contributed by atoms with Crippen molar-refractivity contribution in [2.45, 2.75) is 26.2 Å². The van der Waals surface area contributed by atoms with Crippen molar-refractivity contribution in [1.29, 1.82) is 0 Å². The van der Waals surface area contributed by atoms with Crippen molar-refractivity contribution < 1.29 is 4.79 Å². The van der Waals surface area contributed by atoms with Crippen molar-refractivity contribution in [3.05, 3.63) is 36.5 Å². The fraction of sp³-hybridized carbons (Fsp3) is 0.438. The van der Waals surface area contributed by atoms with Crippen molar-refractivity contribution in [3.63, 3.8) is 0 Å². The summed E-state index contributed by atoms with van der Waals surface area (Å²) in [5.74, 6) is 0.753. The van der Waals surface area contributed by atoms with Crippen LogP contribution in [0.3, 0.4) is 0 Å². The van der Waals surface area contributed by atoms with Gasteiger partial charge in [-0.2, -0.15) is 10.2 Å². The van der Waals surface area contributed by atoms with E-state index in [1.165, 1.54) is 6.33 Å². The number of carbonyl (C=O) groups excluding carboxylic acids is 1. The normalized spacial score (nSPS) is 15.8. The van der Waals surface area contributed by atoms with Gasteiger partial charge in [0.2, 0.25) is 5.91 Å². The zero-order valence-electron chi connectivity index (χ0n) is 12.6. The van der Waals surface area contributed by atoms with Gasteiger partial charge in [0.15, 0.2) is 0 Å². The van der Waals surface area contributed by atoms with Crippen molar-refractivity contribution in [2.24, 2.45) is 5.92 Å². The lowest BCUT2D eigenvalue weighted by Crippen LogP contribution is -2.37. The molecule has 0 unspecified atom stereocenters. The summed E-state index contributed by atoms with van der Waals surface area (Å²) < 4.78 is 0. The van der Waals surface area contributed by atoms with Gasteiger partial charge >= 0.3 is 0 Å². The maximum atomic E-state index is 11.3. The molecule has 0 radical (unpaired) electrons. The van der Waals surface area contributed by atoms with E-state index in [2.05, 4.69) is 20.2 Å². The van der Waals surface area contributed by atoms with Gasteiger partial charge in [0.1, 0.15) is 6.33 Å². The van der Waals surface area contributed by atoms with Gasteiger partial charge in [-0.05, 0) is 37.3 Å². The van der Waals surface area contributed by atoms with E-state index < -0.39 is 0 Å². The zero-order valence-corrected chi connectivity index (χ0v) is 12.6. The summed E-state index contributed by atoms with van der Waals surface area (Å²) in [7, 11) is 0. The molecule has 0 spiro atoms. The van der Waals surface area contributed by atoms with Gasteiger partial charge in [0, 0.05) is 38.0 Å². The Labute approximate surface area is 129 Å². The van der Waals surface area contributed by atoms with Gasteiger partial charge in [0.25, 0.3) is 0 Å². The second-order valence-corrected chi connectivity index (χ2v) is 5.69. The predicted octanol–water partition coefficient (Wildman–Crippen LogP) is 1.73. The molecule has 2 aromatic heterocycles. The Morgan fingerprint density at radius 3 is 2.50 bits per heavy atom. The lowest BCUT2D eigenvalue weighted by molar-refractivity contribution is -0.130. The maximum Gasteiger partial charge on any atom is 0.219 e. The number of hydrogen-bond donors (Lipinski definition) is 0. The lowest BCUT2D eigenvalue weighted by atomic mass is 9.92. The van der Waals surface area contributed by atoms with Crippen LogP contribution in [0.5, 0.6) is 0 Å². The van der Waals surface area contributed by atoms with E-state index in [0.717, 1.165) is 49.3 Å². The summed E-state index contributed by atoms with van der Waals surface area (Å²) in [4.78, 5) is 21.2. The van der Waals surface area contributed by atoms with Gasteiger partial charge in [-0.1, -0.05) is 0 Å². The average Bonchev–Trinajstić information content (AvgIpc) is 2.57. The molecule has 0 aromatic carbocycles. The van der Waals surface area contributed by atoms with E-state index in [0.29, 0.717) is 5.92 Å². The molecule has 1 fully saturated rings. The first-order valence-corrected chi connectivity index (χ1v) is 7.56. The molecule has 114 valence electrons. The van der Waals surface area contributed by atoms with E-state index in [9.17, 15) is 4.79 Å². The van der Waals surface area contributed by atoms with Gasteiger partial charge < -0.3 is 4.90 Å². The molecule has 1 amide bonds. The van der Waals surface area contributed by atoms with E-state index in [1.807, 2.05) is 17.0 Å². The number of carbonyl (C=O) groups is 1. The Kier molecular flexibility index (Phi) is 4.37. The minimum atomic E-state index is 0.174. The molecule has 6 nitrogen and oxygen atoms in total. The molecule has 0 bridgehead atoms. The number of likely N-dealkylation sites (tertiary alicyclic amines) is 1. The topological polar surface area (TPSA) is 71.9 Å². The van der Waals surface area contributed by atoms with Gasteiger partial charge in [-0.15, -0.1) is 0 Å². The summed E-state index contributed by atoms with van der Waals surface area (Å²) in [5, 5.41) is 8.58. The van der Waals surface area contributed by atoms with E-state index in [1.54, 1.807) is 19.3 Å². The third-order valence-corrected chi connectivity index (χ3v) is 4.13. The molecule has 0 saturated carbocycles. The molecule has 0 aliphatic carbocycles. The number of amides is 1. The lowest BCUT2D eigenvalue weighted by Gasteiger charge is -2.31. The number of rotatable bonds is 3. The van der Waals surface area contributed by atoms with E-state index in [-0.39, 0.29) is 5.91 Å². The first-order chi connectivity index (χ1) is 10.7. The molecule has 1 aliphatic rings. The van der Waals surface area contributed by atoms with Crippen LogP contribution < -0.4 is 0 Å². The minimum Gasteiger partial charge on any atom is -0.343 e. The van der Waals surface area contributed by atoms with Crippen LogP contribution in [0.2, 0.25) is 0 Å². The van der Waals surface area contributed by atoms with Crippen LogP contribution in [0.25, 0.3) is 11.3 Å². The molecule has 0 atom stereocenters. The summed E-state index contributed by atoms with van der Waals surface area (Å²) in [6.07, 6.45) is 7.95. The Bertz CT molecular complexity index is 621. The fourth-order valence-corrected chi connectivity index (χ4v) is 2.80. The van der Waals surface area contributed by atoms with E-state index >= 15 is 0 Å². The molecule has 0 N–H and O–H groups in total. The van der Waals surface area contributed by atoms with Crippen molar-refractivity contribution in [3.8, 4) is 11.3 Å². The molecule has 6 heteroatoms. The summed E-state index contributed by atoms with van der Waals surface area (Å²) in [5.41, 5.74) is 2.66. The highest BCUT2D eigenvalue weighted by Gasteiger charge is 2.21. The van der Waals surface area contributed by atoms with Crippen LogP contribution in [0.4, 0.5) is 0 Å². The molecule has 22 heavy (non-hydrogen) atoms. The van der Waals surface area contributed by atoms with E-state index in [4.69, 9.17) is 0 Å². The fourth-order valence-electron chi connectivity index (χ4n) is 2.80. The average molecular weight is 297 g/mol. The highest BCUT2D eigenvalue weighted by atomic mass is 16.2. The first-order valence-electron chi connectivity index (χ1n) is 7.56. The summed E-state index contributed by atoms with van der Waals surface area (Å²) >= 11 is 0. The third-order valence-electron chi connectivity index (χ3n) is 4.13. The largest absolute Gasteiger partial charge is 0.343 e. The SMILES string of the molecule is CC(=O)N1CCC(Cc2ccc(-c3cncnc3)nn2)CC1. The van der Waals surface area contributed by atoms with Gasteiger partial charge in [0.05, 0.1) is 11.4 Å². The molecular formula is C16H19N5O. The smallest absolute Gasteiger partial charge is 0.219 e. The van der Waals surface area contributed by atoms with Crippen LogP contribution in [0.15, 0.2) is 30.9 Å². The zero-order chi connectivity index (χ0) is 15.4. The Balaban J connectivity index is 1.59. The minimum absolute atomic E-state index is 0.174. The number of hydrogen-bond acceptors (Lipinski definition) is 5. The Morgan fingerprint density at radius 1 is 1.18 bits per heavy atom. The molecule has 1 saturated heterocycles. The first kappa shape index (κ1) is 14.6. The van der Waals surface area contributed by atoms with Crippen LogP contribution in [0, 0.1) is 5.92 Å². The molecule has 3 rings (SSSR count). The highest BCUT2D eigenvalue weighted by Crippen LogP contribution is 2.21. The van der Waals surface area contributed by atoms with Crippen molar-refractivity contribution in [1.82, 2.24) is 25.1 Å². The van der Waals surface area contributed by atoms with Gasteiger partial charge in [-0.25, -0.2) is 9.97 Å². The van der Waals surface area contributed by atoms with Crippen LogP contribution >= 0.6 is 0 Å². The summed E-state index contributed by atoms with van der Waals surface area (Å²) in [6.45, 7) is 3.34. The van der Waals surface area contributed by atoms with Crippen molar-refractivity contribution >= 4 is 5.91 Å². The second kappa shape index (κ2) is 6.60. The Hall–Kier alpha value is -2.37. The number of aromatic nitrogens is 4. The Morgan fingerprint density at radius 2 is 1.91 bits per heavy atom. The quantitative estimate of drug-likeness (QED) is 0.863. The highest BCUT2D eigenvalue weighted by molar-refractivity contribution is 5.73. The standard InChI is InChI=1S/C16H19N5O/c1-12(22)21-6-4-13(5-7-21)8-15-2-3-16(20-19-15)14-9-17-11-18-10-14/h2-3,9-11,13H,4-8H2,1H3. The number of nitrogens with zero attached hydrogens (tertiary/aromatic N) is 5. The molecule has 1 aliphatic heterocycles. The van der Waals surface area contributed by atoms with Crippen LogP contribution in [-0.2, 0) is 11.2 Å². The van der Waals surface area contributed by atoms with Gasteiger partial charge in [-0.3, -0.25) is 4.79 Å². The van der Waals surface area contributed by atoms with Crippen LogP contribution in [0.1, 0.15) is 25.5 Å². The summed E-state index contributed by atoms with van der Waals surface area (Å²) in [6, 6.07) is 3.98. The predicted molar refractivity (Wildman–Crippen MR) is 81.7 cm³/mol. The third kappa shape index (κ3) is 3.44. The number of piperidine rings is 1. The van der Waals surface area contributed by atoms with Crippen LogP contribution in [-0.4, -0.2) is 44.1 Å². The monoisotopic (exact) mass is 297 g/mol. The second-order valence-electron chi connectivity index (χ2n) is 5.69.